The number of carbonyl (C=O) groups is 1. The lowest BCUT2D eigenvalue weighted by Gasteiger charge is -2.26. The first-order valence-corrected chi connectivity index (χ1v) is 7.99. The van der Waals surface area contributed by atoms with E-state index in [1.165, 1.54) is 11.8 Å². The van der Waals surface area contributed by atoms with Gasteiger partial charge in [0.1, 0.15) is 12.7 Å². The van der Waals surface area contributed by atoms with E-state index in [4.69, 9.17) is 9.47 Å². The standard InChI is InChI=1S/C16H16N2O3S/c19-15(11-22-16-7-3-4-8-17-16)18-9-12-10-20-13-5-1-2-6-14(13)21-12/h1-8,12H,9-11H2,(H,18,19)/t12-/m0/s1. The summed E-state index contributed by atoms with van der Waals surface area (Å²) in [6.07, 6.45) is 1.55. The number of aromatic nitrogens is 1. The highest BCUT2D eigenvalue weighted by molar-refractivity contribution is 7.99. The van der Waals surface area contributed by atoms with Gasteiger partial charge in [0.15, 0.2) is 11.5 Å². The smallest absolute Gasteiger partial charge is 0.230 e. The Balaban J connectivity index is 1.42. The summed E-state index contributed by atoms with van der Waals surface area (Å²) in [6.45, 7) is 0.862. The number of pyridine rings is 1. The zero-order valence-electron chi connectivity index (χ0n) is 11.9. The summed E-state index contributed by atoms with van der Waals surface area (Å²) in [5, 5.41) is 3.70. The molecule has 0 bridgehead atoms. The van der Waals surface area contributed by atoms with Gasteiger partial charge in [-0.3, -0.25) is 4.79 Å². The van der Waals surface area contributed by atoms with E-state index in [9.17, 15) is 4.79 Å². The van der Waals surface area contributed by atoms with Gasteiger partial charge in [0.05, 0.1) is 17.3 Å². The number of hydrogen-bond donors (Lipinski definition) is 1. The van der Waals surface area contributed by atoms with Crippen molar-refractivity contribution in [3.05, 3.63) is 48.7 Å². The highest BCUT2D eigenvalue weighted by Crippen LogP contribution is 2.30. The molecule has 0 spiro atoms. The molecular weight excluding hydrogens is 300 g/mol. The van der Waals surface area contributed by atoms with Crippen molar-refractivity contribution in [2.45, 2.75) is 11.1 Å². The number of rotatable bonds is 5. The van der Waals surface area contributed by atoms with Gasteiger partial charge in [-0.25, -0.2) is 4.98 Å². The maximum absolute atomic E-state index is 11.8. The van der Waals surface area contributed by atoms with Gasteiger partial charge in [0.2, 0.25) is 5.91 Å². The van der Waals surface area contributed by atoms with Crippen molar-refractivity contribution >= 4 is 17.7 Å². The van der Waals surface area contributed by atoms with Crippen LogP contribution in [0.25, 0.3) is 0 Å². The van der Waals surface area contributed by atoms with E-state index in [1.807, 2.05) is 42.5 Å². The molecule has 0 unspecified atom stereocenters. The predicted molar refractivity (Wildman–Crippen MR) is 84.3 cm³/mol. The van der Waals surface area contributed by atoms with Gasteiger partial charge in [0, 0.05) is 6.20 Å². The topological polar surface area (TPSA) is 60.5 Å². The monoisotopic (exact) mass is 316 g/mol. The van der Waals surface area contributed by atoms with Crippen molar-refractivity contribution in [3.8, 4) is 11.5 Å². The predicted octanol–water partition coefficient (Wildman–Crippen LogP) is 2.13. The Labute approximate surface area is 133 Å². The molecule has 1 N–H and O–H groups in total. The van der Waals surface area contributed by atoms with Crippen molar-refractivity contribution in [1.29, 1.82) is 0 Å². The van der Waals surface area contributed by atoms with Crippen molar-refractivity contribution < 1.29 is 14.3 Å². The van der Waals surface area contributed by atoms with Gasteiger partial charge < -0.3 is 14.8 Å². The van der Waals surface area contributed by atoms with Crippen molar-refractivity contribution in [3.63, 3.8) is 0 Å². The van der Waals surface area contributed by atoms with Gasteiger partial charge in [-0.15, -0.1) is 0 Å². The van der Waals surface area contributed by atoms with Crippen LogP contribution < -0.4 is 14.8 Å². The van der Waals surface area contributed by atoms with Crippen molar-refractivity contribution in [1.82, 2.24) is 10.3 Å². The molecule has 6 heteroatoms. The minimum Gasteiger partial charge on any atom is -0.486 e. The number of amides is 1. The van der Waals surface area contributed by atoms with Crippen LogP contribution in [0, 0.1) is 0 Å². The molecule has 2 heterocycles. The van der Waals surface area contributed by atoms with Crippen LogP contribution in [0.15, 0.2) is 53.7 Å². The van der Waals surface area contributed by atoms with Crippen LogP contribution in [0.4, 0.5) is 0 Å². The Morgan fingerprint density at radius 3 is 2.86 bits per heavy atom. The number of benzene rings is 1. The third-order valence-corrected chi connectivity index (χ3v) is 4.03. The average molecular weight is 316 g/mol. The van der Waals surface area contributed by atoms with Crippen LogP contribution >= 0.6 is 11.8 Å². The first kappa shape index (κ1) is 14.7. The van der Waals surface area contributed by atoms with E-state index >= 15 is 0 Å². The lowest BCUT2D eigenvalue weighted by atomic mass is 10.2. The van der Waals surface area contributed by atoms with Crippen molar-refractivity contribution in [2.24, 2.45) is 0 Å². The number of fused-ring (bicyclic) bond motifs is 1. The van der Waals surface area contributed by atoms with E-state index in [0.717, 1.165) is 16.5 Å². The summed E-state index contributed by atoms with van der Waals surface area (Å²) >= 11 is 1.41. The Kier molecular flexibility index (Phi) is 4.80. The normalized spacial score (nSPS) is 16.1. The molecule has 2 aromatic rings. The molecule has 1 aromatic heterocycles. The van der Waals surface area contributed by atoms with Gasteiger partial charge in [-0.1, -0.05) is 30.0 Å². The second-order valence-electron chi connectivity index (χ2n) is 4.76. The fraction of sp³-hybridized carbons (Fsp3) is 0.250. The summed E-state index contributed by atoms with van der Waals surface area (Å²) < 4.78 is 11.4. The summed E-state index contributed by atoms with van der Waals surface area (Å²) in [5.41, 5.74) is 0. The van der Waals surface area contributed by atoms with E-state index in [-0.39, 0.29) is 12.0 Å². The van der Waals surface area contributed by atoms with Crippen molar-refractivity contribution in [2.75, 3.05) is 18.9 Å². The van der Waals surface area contributed by atoms with Crippen LogP contribution in [0.3, 0.4) is 0 Å². The van der Waals surface area contributed by atoms with Gasteiger partial charge in [0.25, 0.3) is 0 Å². The number of para-hydroxylation sites is 2. The molecule has 5 nitrogen and oxygen atoms in total. The SMILES string of the molecule is O=C(CSc1ccccn1)NC[C@H]1COc2ccccc2O1. The van der Waals surface area contributed by atoms with E-state index in [0.29, 0.717) is 18.9 Å². The number of hydrogen-bond acceptors (Lipinski definition) is 5. The number of ether oxygens (including phenoxy) is 2. The molecule has 0 radical (unpaired) electrons. The first-order chi connectivity index (χ1) is 10.8. The van der Waals surface area contributed by atoms with Crippen LogP contribution in [-0.2, 0) is 4.79 Å². The second kappa shape index (κ2) is 7.17. The highest BCUT2D eigenvalue weighted by Gasteiger charge is 2.20. The lowest BCUT2D eigenvalue weighted by molar-refractivity contribution is -0.119. The minimum absolute atomic E-state index is 0.0434. The van der Waals surface area contributed by atoms with Gasteiger partial charge >= 0.3 is 0 Å². The van der Waals surface area contributed by atoms with Gasteiger partial charge in [-0.2, -0.15) is 0 Å². The molecule has 1 amide bonds. The average Bonchev–Trinajstić information content (AvgIpc) is 2.59. The van der Waals surface area contributed by atoms with Gasteiger partial charge in [-0.05, 0) is 24.3 Å². The summed E-state index contributed by atoms with van der Waals surface area (Å²) in [5.74, 6) is 1.76. The second-order valence-corrected chi connectivity index (χ2v) is 5.75. The molecule has 1 aliphatic heterocycles. The van der Waals surface area contributed by atoms with E-state index in [2.05, 4.69) is 10.3 Å². The Bertz CT molecular complexity index is 636. The Hall–Kier alpha value is -2.21. The lowest BCUT2D eigenvalue weighted by Crippen LogP contribution is -2.41. The maximum atomic E-state index is 11.8. The maximum Gasteiger partial charge on any atom is 0.230 e. The summed E-state index contributed by atoms with van der Waals surface area (Å²) in [7, 11) is 0. The number of carbonyl (C=O) groups excluding carboxylic acids is 1. The number of thioether (sulfide) groups is 1. The fourth-order valence-corrected chi connectivity index (χ4v) is 2.71. The molecule has 0 saturated heterocycles. The zero-order chi connectivity index (χ0) is 15.2. The zero-order valence-corrected chi connectivity index (χ0v) is 12.7. The summed E-state index contributed by atoms with van der Waals surface area (Å²) in [6, 6.07) is 13.2. The molecule has 0 fully saturated rings. The quantitative estimate of drug-likeness (QED) is 0.856. The van der Waals surface area contributed by atoms with Crippen LogP contribution in [0.5, 0.6) is 11.5 Å². The summed E-state index contributed by atoms with van der Waals surface area (Å²) in [4.78, 5) is 16.0. The third kappa shape index (κ3) is 3.92. The van der Waals surface area contributed by atoms with Crippen LogP contribution in [-0.4, -0.2) is 35.9 Å². The largest absolute Gasteiger partial charge is 0.486 e. The molecule has 1 atom stereocenters. The minimum atomic E-state index is -0.168. The van der Waals surface area contributed by atoms with Crippen LogP contribution in [0.2, 0.25) is 0 Å². The molecule has 22 heavy (non-hydrogen) atoms. The fourth-order valence-electron chi connectivity index (χ4n) is 2.01. The highest BCUT2D eigenvalue weighted by atomic mass is 32.2. The molecule has 3 rings (SSSR count). The molecule has 0 aliphatic carbocycles. The molecule has 114 valence electrons. The van der Waals surface area contributed by atoms with E-state index in [1.54, 1.807) is 6.20 Å². The first-order valence-electron chi connectivity index (χ1n) is 7.00. The number of nitrogens with zero attached hydrogens (tertiary/aromatic N) is 1. The third-order valence-electron chi connectivity index (χ3n) is 3.08. The van der Waals surface area contributed by atoms with E-state index < -0.39 is 0 Å². The molecule has 1 aliphatic rings. The molecule has 0 saturated carbocycles. The Morgan fingerprint density at radius 2 is 2.05 bits per heavy atom. The number of nitrogens with one attached hydrogen (secondary N) is 1. The van der Waals surface area contributed by atoms with Crippen LogP contribution in [0.1, 0.15) is 0 Å². The molecular formula is C16H16N2O3S. The Morgan fingerprint density at radius 1 is 1.23 bits per heavy atom. The molecule has 1 aromatic carbocycles.